The number of hydrogen-bond donors (Lipinski definition) is 2. The summed E-state index contributed by atoms with van der Waals surface area (Å²) in [6.07, 6.45) is -8.15. The lowest BCUT2D eigenvalue weighted by Crippen LogP contribution is -2.28. The molecule has 2 heterocycles. The SMILES string of the molecule is Cc1c(C(=O)Nc2cccc(C(F)(F)F)c2)sc2ncn(CC(=O)Nc3cccc(C(F)(F)F)c3)c(=O)c12. The first-order chi connectivity index (χ1) is 17.7. The normalized spacial score (nSPS) is 12.0. The third-order valence-electron chi connectivity index (χ3n) is 5.36. The molecule has 4 rings (SSSR count). The van der Waals surface area contributed by atoms with Crippen molar-refractivity contribution in [3.05, 3.63) is 86.8 Å². The second-order valence-corrected chi connectivity index (χ2v) is 9.07. The Morgan fingerprint density at radius 3 is 2.03 bits per heavy atom. The molecule has 0 fully saturated rings. The lowest BCUT2D eigenvalue weighted by Gasteiger charge is -2.10. The Hall–Kier alpha value is -4.20. The topological polar surface area (TPSA) is 93.1 Å². The molecule has 2 N–H and O–H groups in total. The lowest BCUT2D eigenvalue weighted by molar-refractivity contribution is -0.138. The van der Waals surface area contributed by atoms with E-state index in [4.69, 9.17) is 0 Å². The number of hydrogen-bond acceptors (Lipinski definition) is 5. The van der Waals surface area contributed by atoms with Crippen LogP contribution >= 0.6 is 11.3 Å². The summed E-state index contributed by atoms with van der Waals surface area (Å²) in [6.45, 7) is 0.884. The average molecular weight is 554 g/mol. The zero-order chi connectivity index (χ0) is 27.8. The fourth-order valence-electron chi connectivity index (χ4n) is 3.58. The predicted molar refractivity (Wildman–Crippen MR) is 128 cm³/mol. The molecule has 0 spiro atoms. The van der Waals surface area contributed by atoms with Crippen molar-refractivity contribution in [2.24, 2.45) is 0 Å². The molecule has 0 unspecified atom stereocenters. The van der Waals surface area contributed by atoms with Gasteiger partial charge < -0.3 is 10.6 Å². The summed E-state index contributed by atoms with van der Waals surface area (Å²) >= 11 is 0.843. The molecule has 0 aliphatic rings. The zero-order valence-electron chi connectivity index (χ0n) is 19.2. The molecule has 0 bridgehead atoms. The number of thiophene rings is 1. The minimum atomic E-state index is -4.60. The van der Waals surface area contributed by atoms with Crippen LogP contribution in [0.4, 0.5) is 37.7 Å². The number of amides is 2. The highest BCUT2D eigenvalue weighted by atomic mass is 32.1. The van der Waals surface area contributed by atoms with Crippen LogP contribution in [0.3, 0.4) is 0 Å². The van der Waals surface area contributed by atoms with E-state index in [1.165, 1.54) is 19.1 Å². The maximum Gasteiger partial charge on any atom is 0.416 e. The van der Waals surface area contributed by atoms with Gasteiger partial charge in [-0.3, -0.25) is 19.0 Å². The molecule has 7 nitrogen and oxygen atoms in total. The number of aromatic nitrogens is 2. The molecule has 0 saturated heterocycles. The Morgan fingerprint density at radius 2 is 1.47 bits per heavy atom. The molecule has 0 aliphatic carbocycles. The largest absolute Gasteiger partial charge is 0.416 e. The van der Waals surface area contributed by atoms with Crippen molar-refractivity contribution in [3.63, 3.8) is 0 Å². The third kappa shape index (κ3) is 5.69. The van der Waals surface area contributed by atoms with Crippen LogP contribution in [-0.2, 0) is 23.7 Å². The highest BCUT2D eigenvalue weighted by molar-refractivity contribution is 7.20. The van der Waals surface area contributed by atoms with E-state index < -0.39 is 47.4 Å². The van der Waals surface area contributed by atoms with Crippen LogP contribution < -0.4 is 16.2 Å². The number of alkyl halides is 6. The van der Waals surface area contributed by atoms with Crippen LogP contribution in [0, 0.1) is 6.92 Å². The van der Waals surface area contributed by atoms with Gasteiger partial charge in [0.1, 0.15) is 11.4 Å². The smallest absolute Gasteiger partial charge is 0.325 e. The van der Waals surface area contributed by atoms with Gasteiger partial charge in [0.2, 0.25) is 5.91 Å². The second kappa shape index (κ2) is 9.93. The summed E-state index contributed by atoms with van der Waals surface area (Å²) < 4.78 is 78.5. The summed E-state index contributed by atoms with van der Waals surface area (Å²) in [5.74, 6) is -1.54. The van der Waals surface area contributed by atoms with Crippen molar-refractivity contribution < 1.29 is 35.9 Å². The van der Waals surface area contributed by atoms with Gasteiger partial charge in [0, 0.05) is 11.4 Å². The number of nitrogens with zero attached hydrogens (tertiary/aromatic N) is 2. The third-order valence-corrected chi connectivity index (χ3v) is 6.56. The highest BCUT2D eigenvalue weighted by Crippen LogP contribution is 2.32. The molecule has 14 heteroatoms. The number of rotatable bonds is 5. The van der Waals surface area contributed by atoms with Crippen molar-refractivity contribution in [2.75, 3.05) is 10.6 Å². The molecule has 0 saturated carbocycles. The monoisotopic (exact) mass is 554 g/mol. The van der Waals surface area contributed by atoms with Gasteiger partial charge in [-0.1, -0.05) is 12.1 Å². The molecule has 198 valence electrons. The Bertz CT molecular complexity index is 1610. The van der Waals surface area contributed by atoms with E-state index in [0.29, 0.717) is 0 Å². The predicted octanol–water partition coefficient (Wildman–Crippen LogP) is 5.70. The van der Waals surface area contributed by atoms with Gasteiger partial charge in [-0.2, -0.15) is 26.3 Å². The van der Waals surface area contributed by atoms with E-state index >= 15 is 0 Å². The van der Waals surface area contributed by atoms with Crippen LogP contribution in [0.5, 0.6) is 0 Å². The van der Waals surface area contributed by atoms with E-state index in [0.717, 1.165) is 58.6 Å². The number of carbonyl (C=O) groups is 2. The Labute approximate surface area is 213 Å². The molecule has 4 aromatic rings. The minimum absolute atomic E-state index is 0.0264. The van der Waals surface area contributed by atoms with Gasteiger partial charge in [0.05, 0.1) is 27.7 Å². The number of halogens is 6. The number of fused-ring (bicyclic) bond motifs is 1. The zero-order valence-corrected chi connectivity index (χ0v) is 20.0. The quantitative estimate of drug-likeness (QED) is 0.310. The summed E-state index contributed by atoms with van der Waals surface area (Å²) in [7, 11) is 0. The van der Waals surface area contributed by atoms with E-state index in [-0.39, 0.29) is 32.0 Å². The maximum atomic E-state index is 13.0. The molecular formula is C24H16F6N4O3S. The molecule has 2 amide bonds. The van der Waals surface area contributed by atoms with E-state index in [1.54, 1.807) is 0 Å². The van der Waals surface area contributed by atoms with Crippen LogP contribution in [-0.4, -0.2) is 21.4 Å². The summed E-state index contributed by atoms with van der Waals surface area (Å²) in [5, 5.41) is 4.69. The number of benzene rings is 2. The molecule has 0 atom stereocenters. The average Bonchev–Trinajstić information content (AvgIpc) is 3.17. The van der Waals surface area contributed by atoms with Crippen molar-refractivity contribution in [3.8, 4) is 0 Å². The summed E-state index contributed by atoms with van der Waals surface area (Å²) in [4.78, 5) is 42.5. The van der Waals surface area contributed by atoms with Gasteiger partial charge in [-0.25, -0.2) is 4.98 Å². The Balaban J connectivity index is 1.55. The molecule has 2 aromatic heterocycles. The van der Waals surface area contributed by atoms with Crippen LogP contribution in [0.2, 0.25) is 0 Å². The number of nitrogens with one attached hydrogen (secondary N) is 2. The summed E-state index contributed by atoms with van der Waals surface area (Å²) in [5.41, 5.74) is -2.59. The van der Waals surface area contributed by atoms with Gasteiger partial charge in [0.25, 0.3) is 11.5 Å². The van der Waals surface area contributed by atoms with Crippen molar-refractivity contribution in [2.45, 2.75) is 25.8 Å². The van der Waals surface area contributed by atoms with Crippen LogP contribution in [0.15, 0.2) is 59.7 Å². The van der Waals surface area contributed by atoms with E-state index in [2.05, 4.69) is 15.6 Å². The Kier molecular flexibility index (Phi) is 7.02. The number of carbonyl (C=O) groups excluding carboxylic acids is 2. The molecular weight excluding hydrogens is 538 g/mol. The fourth-order valence-corrected chi connectivity index (χ4v) is 4.61. The minimum Gasteiger partial charge on any atom is -0.325 e. The molecule has 0 aliphatic heterocycles. The van der Waals surface area contributed by atoms with Crippen LogP contribution in [0.1, 0.15) is 26.4 Å². The Morgan fingerprint density at radius 1 is 0.921 bits per heavy atom. The lowest BCUT2D eigenvalue weighted by atomic mass is 10.1. The molecule has 0 radical (unpaired) electrons. The molecule has 38 heavy (non-hydrogen) atoms. The van der Waals surface area contributed by atoms with Gasteiger partial charge in [-0.05, 0) is 48.9 Å². The maximum absolute atomic E-state index is 13.0. The van der Waals surface area contributed by atoms with Gasteiger partial charge >= 0.3 is 12.4 Å². The molecule has 2 aromatic carbocycles. The summed E-state index contributed by atoms with van der Waals surface area (Å²) in [6, 6.07) is 8.03. The first-order valence-electron chi connectivity index (χ1n) is 10.7. The van der Waals surface area contributed by atoms with Gasteiger partial charge in [0.15, 0.2) is 0 Å². The van der Waals surface area contributed by atoms with E-state index in [1.807, 2.05) is 0 Å². The fraction of sp³-hybridized carbons (Fsp3) is 0.167. The van der Waals surface area contributed by atoms with Gasteiger partial charge in [-0.15, -0.1) is 11.3 Å². The van der Waals surface area contributed by atoms with Crippen LogP contribution in [0.25, 0.3) is 10.2 Å². The van der Waals surface area contributed by atoms with Crippen molar-refractivity contribution in [1.82, 2.24) is 9.55 Å². The first kappa shape index (κ1) is 26.9. The highest BCUT2D eigenvalue weighted by Gasteiger charge is 2.31. The standard InChI is InChI=1S/C24H16F6N4O3S/c1-12-18-21(38-19(12)20(36)33-16-7-3-5-14(9-16)24(28,29)30)31-11-34(22(18)37)10-17(35)32-15-6-2-4-13(8-15)23(25,26)27/h2-9,11H,10H2,1H3,(H,32,35)(H,33,36). The second-order valence-electron chi connectivity index (χ2n) is 8.07. The van der Waals surface area contributed by atoms with Crippen molar-refractivity contribution in [1.29, 1.82) is 0 Å². The van der Waals surface area contributed by atoms with E-state index in [9.17, 15) is 40.7 Å². The number of aryl methyl sites for hydroxylation is 1. The first-order valence-corrected chi connectivity index (χ1v) is 11.5. The number of anilines is 2. The van der Waals surface area contributed by atoms with Crippen molar-refractivity contribution >= 4 is 44.7 Å².